The number of ether oxygens (including phenoxy) is 1. The van der Waals surface area contributed by atoms with Crippen LogP contribution in [0.15, 0.2) is 18.2 Å². The molecule has 5 nitrogen and oxygen atoms in total. The lowest BCUT2D eigenvalue weighted by molar-refractivity contribution is -0.138. The number of likely N-dealkylation sites (N-methyl/N-ethyl adjacent to an activating group) is 1. The highest BCUT2D eigenvalue weighted by Crippen LogP contribution is 2.23. The smallest absolute Gasteiger partial charge is 0.338 e. The lowest BCUT2D eigenvalue weighted by Crippen LogP contribution is -2.37. The molecule has 7 heteroatoms. The molecule has 0 spiro atoms. The molecule has 0 heterocycles. The van der Waals surface area contributed by atoms with Crippen LogP contribution in [-0.4, -0.2) is 36.5 Å². The number of hydrogen-bond acceptors (Lipinski definition) is 4. The van der Waals surface area contributed by atoms with Crippen LogP contribution in [0.4, 0.5) is 0 Å². The molecule has 1 atom stereocenters. The molecule has 0 aromatic heterocycles. The van der Waals surface area contributed by atoms with Crippen LogP contribution >= 0.6 is 23.2 Å². The van der Waals surface area contributed by atoms with Crippen molar-refractivity contribution in [2.24, 2.45) is 0 Å². The second-order valence-electron chi connectivity index (χ2n) is 4.34. The first-order valence-corrected chi connectivity index (χ1v) is 6.90. The van der Waals surface area contributed by atoms with Gasteiger partial charge in [-0.3, -0.25) is 4.79 Å². The van der Waals surface area contributed by atoms with Crippen molar-refractivity contribution in [1.82, 2.24) is 4.90 Å². The van der Waals surface area contributed by atoms with Crippen LogP contribution < -0.4 is 0 Å². The number of benzene rings is 1. The Kier molecular flexibility index (Phi) is 6.47. The Balaban J connectivity index is 2.67. The van der Waals surface area contributed by atoms with E-state index in [1.807, 2.05) is 6.07 Å². The number of nitrogens with zero attached hydrogens (tertiary/aromatic N) is 2. The molecule has 0 saturated carbocycles. The standard InChI is InChI=1S/C14H14Cl2N2O3/c1-9(13(19)18(2)7-3-6-17)21-14(20)10-4-5-11(15)12(16)8-10/h4-5,8-9H,3,7H2,1-2H3/t9-/m1/s1. The van der Waals surface area contributed by atoms with Gasteiger partial charge < -0.3 is 9.64 Å². The molecule has 0 radical (unpaired) electrons. The summed E-state index contributed by atoms with van der Waals surface area (Å²) in [4.78, 5) is 25.2. The van der Waals surface area contributed by atoms with Gasteiger partial charge in [0.25, 0.3) is 5.91 Å². The summed E-state index contributed by atoms with van der Waals surface area (Å²) in [5.74, 6) is -1.04. The first-order chi connectivity index (χ1) is 9.86. The highest BCUT2D eigenvalue weighted by molar-refractivity contribution is 6.42. The minimum Gasteiger partial charge on any atom is -0.449 e. The first kappa shape index (κ1) is 17.3. The fraction of sp³-hybridized carbons (Fsp3) is 0.357. The summed E-state index contributed by atoms with van der Waals surface area (Å²) in [5.41, 5.74) is 0.212. The van der Waals surface area contributed by atoms with Crippen LogP contribution in [0, 0.1) is 11.3 Å². The molecule has 0 aliphatic heterocycles. The van der Waals surface area contributed by atoms with Crippen molar-refractivity contribution in [3.8, 4) is 6.07 Å². The van der Waals surface area contributed by atoms with E-state index in [1.165, 1.54) is 30.0 Å². The van der Waals surface area contributed by atoms with Gasteiger partial charge in [-0.15, -0.1) is 0 Å². The largest absolute Gasteiger partial charge is 0.449 e. The van der Waals surface area contributed by atoms with Gasteiger partial charge in [-0.05, 0) is 25.1 Å². The molecular formula is C14H14Cl2N2O3. The fourth-order valence-corrected chi connectivity index (χ4v) is 1.84. The Morgan fingerprint density at radius 2 is 2.05 bits per heavy atom. The predicted octanol–water partition coefficient (Wildman–Crippen LogP) is 2.91. The lowest BCUT2D eigenvalue weighted by atomic mass is 10.2. The van der Waals surface area contributed by atoms with Crippen molar-refractivity contribution >= 4 is 35.1 Å². The summed E-state index contributed by atoms with van der Waals surface area (Å²) in [6, 6.07) is 6.26. The van der Waals surface area contributed by atoms with Crippen LogP contribution in [0.5, 0.6) is 0 Å². The number of amides is 1. The molecule has 1 aromatic carbocycles. The van der Waals surface area contributed by atoms with Gasteiger partial charge in [0.05, 0.1) is 28.1 Å². The van der Waals surface area contributed by atoms with Crippen LogP contribution in [0.1, 0.15) is 23.7 Å². The Morgan fingerprint density at radius 1 is 1.38 bits per heavy atom. The molecule has 0 aliphatic carbocycles. The van der Waals surface area contributed by atoms with E-state index in [4.69, 9.17) is 33.2 Å². The van der Waals surface area contributed by atoms with Crippen LogP contribution in [-0.2, 0) is 9.53 Å². The van der Waals surface area contributed by atoms with Crippen molar-refractivity contribution in [3.63, 3.8) is 0 Å². The zero-order chi connectivity index (χ0) is 16.0. The van der Waals surface area contributed by atoms with E-state index >= 15 is 0 Å². The van der Waals surface area contributed by atoms with Crippen molar-refractivity contribution in [2.75, 3.05) is 13.6 Å². The summed E-state index contributed by atoms with van der Waals surface area (Å²) in [5, 5.41) is 9.04. The molecule has 1 rings (SSSR count). The van der Waals surface area contributed by atoms with E-state index in [9.17, 15) is 9.59 Å². The second-order valence-corrected chi connectivity index (χ2v) is 5.16. The van der Waals surface area contributed by atoms with E-state index < -0.39 is 12.1 Å². The molecule has 112 valence electrons. The number of rotatable bonds is 5. The number of esters is 1. The van der Waals surface area contributed by atoms with E-state index in [1.54, 1.807) is 7.05 Å². The third kappa shape index (κ3) is 4.92. The van der Waals surface area contributed by atoms with Gasteiger partial charge in [0.1, 0.15) is 0 Å². The quantitative estimate of drug-likeness (QED) is 0.779. The summed E-state index contributed by atoms with van der Waals surface area (Å²) in [7, 11) is 1.54. The predicted molar refractivity (Wildman–Crippen MR) is 79.2 cm³/mol. The number of halogens is 2. The van der Waals surface area contributed by atoms with Gasteiger partial charge in [-0.2, -0.15) is 5.26 Å². The lowest BCUT2D eigenvalue weighted by Gasteiger charge is -2.20. The number of carbonyl (C=O) groups is 2. The van der Waals surface area contributed by atoms with Crippen LogP contribution in [0.25, 0.3) is 0 Å². The maximum absolute atomic E-state index is 11.9. The van der Waals surface area contributed by atoms with Crippen molar-refractivity contribution in [1.29, 1.82) is 5.26 Å². The molecule has 0 saturated heterocycles. The summed E-state index contributed by atoms with van der Waals surface area (Å²) < 4.78 is 5.08. The van der Waals surface area contributed by atoms with E-state index in [-0.39, 0.29) is 29.5 Å². The molecule has 1 aromatic rings. The Morgan fingerprint density at radius 3 is 2.62 bits per heavy atom. The van der Waals surface area contributed by atoms with E-state index in [0.717, 1.165) is 0 Å². The molecule has 0 aliphatic rings. The molecule has 21 heavy (non-hydrogen) atoms. The van der Waals surface area contributed by atoms with Gasteiger partial charge in [0.15, 0.2) is 6.10 Å². The SMILES string of the molecule is C[C@@H](OC(=O)c1ccc(Cl)c(Cl)c1)C(=O)N(C)CCC#N. The highest BCUT2D eigenvalue weighted by atomic mass is 35.5. The third-order valence-corrected chi connectivity index (χ3v) is 3.46. The van der Waals surface area contributed by atoms with Gasteiger partial charge in [-0.1, -0.05) is 23.2 Å². The summed E-state index contributed by atoms with van der Waals surface area (Å²) in [6.07, 6.45) is -0.731. The van der Waals surface area contributed by atoms with Crippen LogP contribution in [0.2, 0.25) is 10.0 Å². The minimum absolute atomic E-state index is 0.212. The maximum atomic E-state index is 11.9. The van der Waals surface area contributed by atoms with Crippen LogP contribution in [0.3, 0.4) is 0 Å². The number of carbonyl (C=O) groups excluding carboxylic acids is 2. The molecule has 0 fully saturated rings. The van der Waals surface area contributed by atoms with Gasteiger partial charge >= 0.3 is 5.97 Å². The van der Waals surface area contributed by atoms with Crippen molar-refractivity contribution in [3.05, 3.63) is 33.8 Å². The zero-order valence-corrected chi connectivity index (χ0v) is 13.1. The van der Waals surface area contributed by atoms with Gasteiger partial charge in [-0.25, -0.2) is 4.79 Å². The van der Waals surface area contributed by atoms with Gasteiger partial charge in [0, 0.05) is 13.6 Å². The first-order valence-electron chi connectivity index (χ1n) is 6.14. The Hall–Kier alpha value is -1.77. The molecule has 1 amide bonds. The fourth-order valence-electron chi connectivity index (χ4n) is 1.54. The van der Waals surface area contributed by atoms with E-state index in [0.29, 0.717) is 5.02 Å². The molecule has 0 bridgehead atoms. The maximum Gasteiger partial charge on any atom is 0.338 e. The third-order valence-electron chi connectivity index (χ3n) is 2.72. The van der Waals surface area contributed by atoms with E-state index in [2.05, 4.69) is 0 Å². The zero-order valence-electron chi connectivity index (χ0n) is 11.6. The molecular weight excluding hydrogens is 315 g/mol. The topological polar surface area (TPSA) is 70.4 Å². The average molecular weight is 329 g/mol. The van der Waals surface area contributed by atoms with Crippen molar-refractivity contribution < 1.29 is 14.3 Å². The minimum atomic E-state index is -0.948. The summed E-state index contributed by atoms with van der Waals surface area (Å²) >= 11 is 11.6. The van der Waals surface area contributed by atoms with Crippen molar-refractivity contribution in [2.45, 2.75) is 19.4 Å². The normalized spacial score (nSPS) is 11.4. The molecule has 0 unspecified atom stereocenters. The average Bonchev–Trinajstić information content (AvgIpc) is 2.46. The summed E-state index contributed by atoms with van der Waals surface area (Å²) in [6.45, 7) is 1.75. The van der Waals surface area contributed by atoms with Gasteiger partial charge in [0.2, 0.25) is 0 Å². The Bertz CT molecular complexity index is 584. The Labute approximate surface area is 133 Å². The number of hydrogen-bond donors (Lipinski definition) is 0. The highest BCUT2D eigenvalue weighted by Gasteiger charge is 2.22. The monoisotopic (exact) mass is 328 g/mol. The second kappa shape index (κ2) is 7.87. The number of nitriles is 1. The molecule has 0 N–H and O–H groups in total.